The van der Waals surface area contributed by atoms with E-state index in [0.717, 1.165) is 11.8 Å². The van der Waals surface area contributed by atoms with Gasteiger partial charge in [0.1, 0.15) is 23.0 Å². The lowest BCUT2D eigenvalue weighted by molar-refractivity contribution is -0.137. The summed E-state index contributed by atoms with van der Waals surface area (Å²) in [7, 11) is -2.49. The van der Waals surface area contributed by atoms with E-state index in [0.29, 0.717) is 24.8 Å². The number of ether oxygens (including phenoxy) is 1. The number of fused-ring (bicyclic) bond motifs is 1. The summed E-state index contributed by atoms with van der Waals surface area (Å²) in [5, 5.41) is 13.3. The lowest BCUT2D eigenvalue weighted by Crippen LogP contribution is -2.33. The highest BCUT2D eigenvalue weighted by Gasteiger charge is 2.34. The standard InChI is InChI=1S/C21H19BrClFN4O5S/c1-27(17-3-2-4-18-14(17)10-26-28(18)11-20(29)30)34(31,32)13-8-15(22)21(25-9-13)33-19-6-5-12(24)7-16(19)23/h5-10,17H,2-4,11H2,1H3,(H,29,30)/t17-/m1/s1. The van der Waals surface area contributed by atoms with Crippen molar-refractivity contribution >= 4 is 43.5 Å². The van der Waals surface area contributed by atoms with Crippen LogP contribution in [0.5, 0.6) is 11.6 Å². The number of rotatable bonds is 7. The number of nitrogens with zero attached hydrogens (tertiary/aromatic N) is 4. The molecule has 1 N–H and O–H groups in total. The van der Waals surface area contributed by atoms with Gasteiger partial charge in [-0.3, -0.25) is 9.48 Å². The number of carboxylic acid groups (broad SMARTS) is 1. The number of carbonyl (C=O) groups is 1. The number of halogens is 3. The van der Waals surface area contributed by atoms with Crippen LogP contribution in [-0.4, -0.2) is 45.6 Å². The molecule has 2 heterocycles. The number of benzene rings is 1. The summed E-state index contributed by atoms with van der Waals surface area (Å²) < 4.78 is 48.5. The Morgan fingerprint density at radius 1 is 1.38 bits per heavy atom. The van der Waals surface area contributed by atoms with Crippen molar-refractivity contribution in [2.45, 2.75) is 36.7 Å². The van der Waals surface area contributed by atoms with Crippen molar-refractivity contribution < 1.29 is 27.4 Å². The minimum atomic E-state index is -3.96. The van der Waals surface area contributed by atoms with E-state index in [1.54, 1.807) is 0 Å². The second-order valence-electron chi connectivity index (χ2n) is 7.66. The van der Waals surface area contributed by atoms with Gasteiger partial charge < -0.3 is 9.84 Å². The molecule has 0 fully saturated rings. The van der Waals surface area contributed by atoms with Gasteiger partial charge in [0.15, 0.2) is 0 Å². The molecule has 0 unspecified atom stereocenters. The number of aromatic nitrogens is 3. The molecule has 4 rings (SSSR count). The van der Waals surface area contributed by atoms with Crippen molar-refractivity contribution in [2.24, 2.45) is 0 Å². The van der Waals surface area contributed by atoms with Crippen molar-refractivity contribution in [1.29, 1.82) is 0 Å². The third-order valence-electron chi connectivity index (χ3n) is 5.51. The molecule has 1 atom stereocenters. The van der Waals surface area contributed by atoms with Crippen LogP contribution in [0.2, 0.25) is 5.02 Å². The van der Waals surface area contributed by atoms with Crippen molar-refractivity contribution in [3.05, 3.63) is 63.2 Å². The van der Waals surface area contributed by atoms with Gasteiger partial charge in [-0.15, -0.1) is 0 Å². The monoisotopic (exact) mass is 572 g/mol. The molecule has 0 saturated heterocycles. The van der Waals surface area contributed by atoms with Gasteiger partial charge in [-0.2, -0.15) is 9.40 Å². The highest BCUT2D eigenvalue weighted by molar-refractivity contribution is 9.10. The number of aliphatic carboxylic acids is 1. The van der Waals surface area contributed by atoms with Crippen LogP contribution < -0.4 is 4.74 Å². The summed E-state index contributed by atoms with van der Waals surface area (Å²) in [6, 6.07) is 4.48. The molecule has 1 aromatic carbocycles. The maximum absolute atomic E-state index is 13.4. The van der Waals surface area contributed by atoms with E-state index in [9.17, 15) is 17.6 Å². The SMILES string of the molecule is CN([C@@H]1CCCc2c1cnn2CC(=O)O)S(=O)(=O)c1cnc(Oc2ccc(F)cc2Cl)c(Br)c1. The maximum atomic E-state index is 13.4. The lowest BCUT2D eigenvalue weighted by atomic mass is 9.93. The smallest absolute Gasteiger partial charge is 0.325 e. The molecule has 0 amide bonds. The molecule has 0 bridgehead atoms. The van der Waals surface area contributed by atoms with Crippen LogP contribution in [0.3, 0.4) is 0 Å². The summed E-state index contributed by atoms with van der Waals surface area (Å²) in [5.74, 6) is -1.32. The summed E-state index contributed by atoms with van der Waals surface area (Å²) in [4.78, 5) is 15.1. The molecule has 34 heavy (non-hydrogen) atoms. The summed E-state index contributed by atoms with van der Waals surface area (Å²) in [6.07, 6.45) is 4.58. The molecule has 13 heteroatoms. The van der Waals surface area contributed by atoms with Gasteiger partial charge >= 0.3 is 5.97 Å². The normalized spacial score (nSPS) is 15.9. The minimum absolute atomic E-state index is 0.0432. The molecule has 0 radical (unpaired) electrons. The average molecular weight is 574 g/mol. The zero-order valence-corrected chi connectivity index (χ0v) is 20.9. The summed E-state index contributed by atoms with van der Waals surface area (Å²) in [5.41, 5.74) is 1.41. The molecule has 1 aliphatic rings. The Labute approximate surface area is 208 Å². The second-order valence-corrected chi connectivity index (χ2v) is 10.9. The van der Waals surface area contributed by atoms with Gasteiger partial charge in [0.25, 0.3) is 0 Å². The number of sulfonamides is 1. The predicted molar refractivity (Wildman–Crippen MR) is 124 cm³/mol. The summed E-state index contributed by atoms with van der Waals surface area (Å²) >= 11 is 9.26. The van der Waals surface area contributed by atoms with Crippen molar-refractivity contribution in [1.82, 2.24) is 19.1 Å². The van der Waals surface area contributed by atoms with Crippen LogP contribution in [0.1, 0.15) is 30.1 Å². The third kappa shape index (κ3) is 4.81. The Bertz CT molecular complexity index is 1370. The minimum Gasteiger partial charge on any atom is -0.480 e. The van der Waals surface area contributed by atoms with Crippen molar-refractivity contribution in [3.63, 3.8) is 0 Å². The number of hydrogen-bond acceptors (Lipinski definition) is 6. The van der Waals surface area contributed by atoms with Crippen LogP contribution in [-0.2, 0) is 27.8 Å². The Morgan fingerprint density at radius 3 is 2.82 bits per heavy atom. The molecule has 0 saturated carbocycles. The van der Waals surface area contributed by atoms with Gasteiger partial charge in [0.05, 0.1) is 27.9 Å². The van der Waals surface area contributed by atoms with E-state index in [1.165, 1.54) is 46.6 Å². The van der Waals surface area contributed by atoms with E-state index in [2.05, 4.69) is 26.0 Å². The van der Waals surface area contributed by atoms with Crippen LogP contribution in [0.15, 0.2) is 46.0 Å². The van der Waals surface area contributed by atoms with Gasteiger partial charge in [-0.05, 0) is 59.5 Å². The number of carboxylic acids is 1. The molecule has 0 aliphatic heterocycles. The fraction of sp³-hybridized carbons (Fsp3) is 0.286. The molecule has 1 aliphatic carbocycles. The first-order valence-electron chi connectivity index (χ1n) is 10.1. The second kappa shape index (κ2) is 9.61. The molecular weight excluding hydrogens is 555 g/mol. The highest BCUT2D eigenvalue weighted by atomic mass is 79.9. The van der Waals surface area contributed by atoms with Crippen LogP contribution in [0.25, 0.3) is 0 Å². The average Bonchev–Trinajstić information content (AvgIpc) is 3.18. The molecule has 9 nitrogen and oxygen atoms in total. The van der Waals surface area contributed by atoms with Crippen LogP contribution in [0.4, 0.5) is 4.39 Å². The predicted octanol–water partition coefficient (Wildman–Crippen LogP) is 4.41. The van der Waals surface area contributed by atoms with Gasteiger partial charge in [0, 0.05) is 18.3 Å². The third-order valence-corrected chi connectivity index (χ3v) is 8.21. The van der Waals surface area contributed by atoms with E-state index in [1.807, 2.05) is 0 Å². The molecule has 180 valence electrons. The molecule has 3 aromatic rings. The molecular formula is C21H19BrClFN4O5S. The molecule has 2 aromatic heterocycles. The van der Waals surface area contributed by atoms with E-state index >= 15 is 0 Å². The van der Waals surface area contributed by atoms with Gasteiger partial charge in [-0.25, -0.2) is 17.8 Å². The lowest BCUT2D eigenvalue weighted by Gasteiger charge is -2.30. The zero-order chi connectivity index (χ0) is 24.6. The Kier molecular flexibility index (Phi) is 6.94. The number of pyridine rings is 1. The first kappa shape index (κ1) is 24.6. The first-order valence-corrected chi connectivity index (χ1v) is 12.7. The van der Waals surface area contributed by atoms with E-state index in [-0.39, 0.29) is 32.6 Å². The molecule has 0 spiro atoms. The summed E-state index contributed by atoms with van der Waals surface area (Å²) in [6.45, 7) is -0.283. The van der Waals surface area contributed by atoms with E-state index < -0.39 is 27.9 Å². The van der Waals surface area contributed by atoms with Crippen LogP contribution in [0, 0.1) is 5.82 Å². The Balaban J connectivity index is 1.59. The van der Waals surface area contributed by atoms with Gasteiger partial charge in [0.2, 0.25) is 15.9 Å². The zero-order valence-electron chi connectivity index (χ0n) is 17.8. The van der Waals surface area contributed by atoms with E-state index in [4.69, 9.17) is 21.4 Å². The van der Waals surface area contributed by atoms with Crippen LogP contribution >= 0.6 is 27.5 Å². The van der Waals surface area contributed by atoms with Crippen molar-refractivity contribution in [3.8, 4) is 11.6 Å². The Hall–Kier alpha value is -2.54. The largest absolute Gasteiger partial charge is 0.480 e. The quantitative estimate of drug-likeness (QED) is 0.445. The maximum Gasteiger partial charge on any atom is 0.325 e. The van der Waals surface area contributed by atoms with Gasteiger partial charge in [-0.1, -0.05) is 11.6 Å². The Morgan fingerprint density at radius 2 is 2.15 bits per heavy atom. The fourth-order valence-corrected chi connectivity index (χ4v) is 5.98. The first-order chi connectivity index (χ1) is 16.1. The fourth-order valence-electron chi connectivity index (χ4n) is 3.86. The highest BCUT2D eigenvalue weighted by Crippen LogP contribution is 2.38. The number of hydrogen-bond donors (Lipinski definition) is 1. The van der Waals surface area contributed by atoms with Crippen molar-refractivity contribution in [2.75, 3.05) is 7.05 Å². The topological polar surface area (TPSA) is 115 Å².